The molecule has 0 aliphatic heterocycles. The van der Waals surface area contributed by atoms with Gasteiger partial charge in [0.25, 0.3) is 0 Å². The first-order chi connectivity index (χ1) is 16.1. The molecule has 1 aliphatic rings. The van der Waals surface area contributed by atoms with Crippen LogP contribution >= 0.6 is 0 Å². The van der Waals surface area contributed by atoms with Crippen molar-refractivity contribution in [3.8, 4) is 0 Å². The van der Waals surface area contributed by atoms with Crippen LogP contribution in [0.1, 0.15) is 48.2 Å². The average molecular weight is 476 g/mol. The normalized spacial score (nSPS) is 16.8. The molecule has 0 saturated carbocycles. The number of nitrogens with zero attached hydrogens (tertiary/aromatic N) is 1. The highest BCUT2D eigenvalue weighted by Gasteiger charge is 2.32. The zero-order valence-corrected chi connectivity index (χ0v) is 18.5. The number of aromatic nitrogens is 1. The molecule has 1 unspecified atom stereocenters. The van der Waals surface area contributed by atoms with E-state index in [2.05, 4.69) is 5.32 Å². The lowest BCUT2D eigenvalue weighted by atomic mass is 9.91. The van der Waals surface area contributed by atoms with Crippen molar-refractivity contribution in [2.75, 3.05) is 0 Å². The van der Waals surface area contributed by atoms with Gasteiger partial charge < -0.3 is 15.0 Å². The number of rotatable bonds is 6. The first-order valence-electron chi connectivity index (χ1n) is 11.1. The summed E-state index contributed by atoms with van der Waals surface area (Å²) in [4.78, 5) is 24.5. The van der Waals surface area contributed by atoms with Gasteiger partial charge in [-0.25, -0.2) is 9.18 Å². The number of carboxylic acids is 1. The van der Waals surface area contributed by atoms with Crippen molar-refractivity contribution in [1.29, 1.82) is 0 Å². The molecule has 0 radical (unpaired) electrons. The van der Waals surface area contributed by atoms with Crippen molar-refractivity contribution >= 4 is 22.8 Å². The third-order valence-electron chi connectivity index (χ3n) is 6.33. The Balaban J connectivity index is 1.57. The number of benzene rings is 2. The molecule has 4 rings (SSSR count). The van der Waals surface area contributed by atoms with Gasteiger partial charge in [-0.3, -0.25) is 4.79 Å². The second kappa shape index (κ2) is 9.12. The molecule has 2 atom stereocenters. The quantitative estimate of drug-likeness (QED) is 0.489. The number of fused-ring (bicyclic) bond motifs is 3. The molecular weight excluding hydrogens is 452 g/mol. The minimum atomic E-state index is -4.48. The van der Waals surface area contributed by atoms with Crippen LogP contribution in [0.2, 0.25) is 0 Å². The lowest BCUT2D eigenvalue weighted by Gasteiger charge is -2.26. The minimum absolute atomic E-state index is 0.194. The van der Waals surface area contributed by atoms with Gasteiger partial charge in [-0.1, -0.05) is 25.1 Å². The Morgan fingerprint density at radius 3 is 2.65 bits per heavy atom. The van der Waals surface area contributed by atoms with Crippen molar-refractivity contribution in [3.05, 3.63) is 70.7 Å². The van der Waals surface area contributed by atoms with Crippen LogP contribution in [0.25, 0.3) is 10.9 Å². The summed E-state index contributed by atoms with van der Waals surface area (Å²) >= 11 is 0. The fraction of sp³-hybridized carbons (Fsp3) is 0.360. The molecule has 0 saturated heterocycles. The predicted molar refractivity (Wildman–Crippen MR) is 118 cm³/mol. The number of carboxylic acid groups (broad SMARTS) is 1. The molecule has 0 fully saturated rings. The van der Waals surface area contributed by atoms with Crippen molar-refractivity contribution in [2.24, 2.45) is 0 Å². The van der Waals surface area contributed by atoms with E-state index in [1.807, 2.05) is 0 Å². The van der Waals surface area contributed by atoms with E-state index in [9.17, 15) is 32.3 Å². The molecule has 34 heavy (non-hydrogen) atoms. The Morgan fingerprint density at radius 2 is 1.97 bits per heavy atom. The van der Waals surface area contributed by atoms with Crippen LogP contribution in [0.3, 0.4) is 0 Å². The number of amides is 1. The standard InChI is InChI=1S/C25H24F4N2O3/c1-2-20(24(33)34)31-21-8-6-16(26)12-18(21)19-13-17(7-9-22(19)31)30-23(32)11-14-4-3-5-15(10-14)25(27,28)29/h3-6,8,10,12,17,20H,2,7,9,11,13H2,1H3,(H,30,32)(H,33,34)/t17-,20?/m0/s1. The number of halogens is 4. The lowest BCUT2D eigenvalue weighted by molar-refractivity contribution is -0.141. The Labute approximate surface area is 193 Å². The Kier molecular flexibility index (Phi) is 6.38. The molecule has 1 heterocycles. The van der Waals surface area contributed by atoms with Crippen LogP contribution in [0.15, 0.2) is 42.5 Å². The van der Waals surface area contributed by atoms with Gasteiger partial charge >= 0.3 is 12.1 Å². The molecule has 1 amide bonds. The lowest BCUT2D eigenvalue weighted by Crippen LogP contribution is -2.40. The van der Waals surface area contributed by atoms with Crippen molar-refractivity contribution in [1.82, 2.24) is 9.88 Å². The maximum atomic E-state index is 14.0. The average Bonchev–Trinajstić information content (AvgIpc) is 3.06. The number of alkyl halides is 3. The van der Waals surface area contributed by atoms with E-state index in [-0.39, 0.29) is 18.0 Å². The first kappa shape index (κ1) is 23.8. The molecule has 1 aliphatic carbocycles. The number of carbonyl (C=O) groups excluding carboxylic acids is 1. The van der Waals surface area contributed by atoms with Crippen molar-refractivity contribution < 1.29 is 32.3 Å². The van der Waals surface area contributed by atoms with E-state index in [4.69, 9.17) is 0 Å². The molecule has 180 valence electrons. The molecule has 5 nitrogen and oxygen atoms in total. The predicted octanol–water partition coefficient (Wildman–Crippen LogP) is 5.05. The Morgan fingerprint density at radius 1 is 1.21 bits per heavy atom. The zero-order chi connectivity index (χ0) is 24.6. The molecule has 1 aromatic heterocycles. The topological polar surface area (TPSA) is 71.3 Å². The molecule has 0 bridgehead atoms. The molecule has 2 aromatic carbocycles. The summed E-state index contributed by atoms with van der Waals surface area (Å²) in [7, 11) is 0. The SMILES string of the molecule is CCC(C(=O)O)n1c2c(c3cc(F)ccc31)C[C@@H](NC(=O)Cc1cccc(C(F)(F)F)c1)CC2. The summed E-state index contributed by atoms with van der Waals surface area (Å²) in [5, 5.41) is 13.2. The number of carbonyl (C=O) groups is 2. The number of nitrogens with one attached hydrogen (secondary N) is 1. The molecule has 0 spiro atoms. The molecule has 2 N–H and O–H groups in total. The maximum Gasteiger partial charge on any atom is 0.416 e. The van der Waals surface area contributed by atoms with E-state index in [1.54, 1.807) is 17.6 Å². The highest BCUT2D eigenvalue weighted by molar-refractivity contribution is 5.88. The summed E-state index contributed by atoms with van der Waals surface area (Å²) in [5.41, 5.74) is 1.70. The van der Waals surface area contributed by atoms with Crippen LogP contribution in [-0.2, 0) is 35.0 Å². The van der Waals surface area contributed by atoms with Gasteiger partial charge in [0.05, 0.1) is 12.0 Å². The van der Waals surface area contributed by atoms with Crippen LogP contribution < -0.4 is 5.32 Å². The van der Waals surface area contributed by atoms with Crippen LogP contribution in [0, 0.1) is 5.82 Å². The third kappa shape index (κ3) is 4.64. The van der Waals surface area contributed by atoms with Gasteiger partial charge in [-0.15, -0.1) is 0 Å². The van der Waals surface area contributed by atoms with Gasteiger partial charge in [-0.2, -0.15) is 13.2 Å². The Bertz CT molecular complexity index is 1250. The summed E-state index contributed by atoms with van der Waals surface area (Å²) < 4.78 is 54.6. The Hall–Kier alpha value is -3.36. The largest absolute Gasteiger partial charge is 0.480 e. The van der Waals surface area contributed by atoms with Gasteiger partial charge in [0, 0.05) is 22.6 Å². The highest BCUT2D eigenvalue weighted by atomic mass is 19.4. The number of aliphatic carboxylic acids is 1. The van der Waals surface area contributed by atoms with E-state index >= 15 is 0 Å². The fourth-order valence-corrected chi connectivity index (χ4v) is 4.83. The van der Waals surface area contributed by atoms with Crippen LogP contribution in [0.4, 0.5) is 17.6 Å². The van der Waals surface area contributed by atoms with E-state index in [1.165, 1.54) is 24.3 Å². The number of hydrogen-bond donors (Lipinski definition) is 2. The summed E-state index contributed by atoms with van der Waals surface area (Å²) in [6.07, 6.45) is -2.91. The van der Waals surface area contributed by atoms with E-state index in [0.717, 1.165) is 23.4 Å². The van der Waals surface area contributed by atoms with Crippen molar-refractivity contribution in [2.45, 2.75) is 57.3 Å². The van der Waals surface area contributed by atoms with Gasteiger partial charge in [0.1, 0.15) is 11.9 Å². The third-order valence-corrected chi connectivity index (χ3v) is 6.33. The maximum absolute atomic E-state index is 14.0. The first-order valence-corrected chi connectivity index (χ1v) is 11.1. The molecule has 9 heteroatoms. The second-order valence-electron chi connectivity index (χ2n) is 8.60. The van der Waals surface area contributed by atoms with E-state index < -0.39 is 35.5 Å². The summed E-state index contributed by atoms with van der Waals surface area (Å²) in [5.74, 6) is -1.81. The van der Waals surface area contributed by atoms with Gasteiger partial charge in [0.2, 0.25) is 5.91 Å². The monoisotopic (exact) mass is 476 g/mol. The highest BCUT2D eigenvalue weighted by Crippen LogP contribution is 2.36. The zero-order valence-electron chi connectivity index (χ0n) is 18.5. The minimum Gasteiger partial charge on any atom is -0.480 e. The van der Waals surface area contributed by atoms with Crippen LogP contribution in [-0.4, -0.2) is 27.6 Å². The number of hydrogen-bond acceptors (Lipinski definition) is 2. The van der Waals surface area contributed by atoms with Crippen LogP contribution in [0.5, 0.6) is 0 Å². The van der Waals surface area contributed by atoms with Gasteiger partial charge in [-0.05, 0) is 61.1 Å². The smallest absolute Gasteiger partial charge is 0.416 e. The molecule has 3 aromatic rings. The van der Waals surface area contributed by atoms with E-state index in [0.29, 0.717) is 36.6 Å². The van der Waals surface area contributed by atoms with Gasteiger partial charge in [0.15, 0.2) is 0 Å². The summed E-state index contributed by atoms with van der Waals surface area (Å²) in [6.45, 7) is 1.78. The fourth-order valence-electron chi connectivity index (χ4n) is 4.83. The molecular formula is C25H24F4N2O3. The second-order valence-corrected chi connectivity index (χ2v) is 8.60. The van der Waals surface area contributed by atoms with Crippen molar-refractivity contribution in [3.63, 3.8) is 0 Å². The summed E-state index contributed by atoms with van der Waals surface area (Å²) in [6, 6.07) is 7.84.